The van der Waals surface area contributed by atoms with E-state index in [2.05, 4.69) is 0 Å². The van der Waals surface area contributed by atoms with Gasteiger partial charge in [-0.25, -0.2) is 9.18 Å². The lowest BCUT2D eigenvalue weighted by Crippen LogP contribution is -2.18. The van der Waals surface area contributed by atoms with E-state index in [0.29, 0.717) is 16.3 Å². The molecule has 0 saturated carbocycles. The first kappa shape index (κ1) is 14.4. The van der Waals surface area contributed by atoms with Crippen molar-refractivity contribution < 1.29 is 14.3 Å². The number of rotatable bonds is 4. The van der Waals surface area contributed by atoms with E-state index in [1.807, 2.05) is 0 Å². The molecule has 0 heterocycles. The molecular formula is C14H14ClFO2S. The highest BCUT2D eigenvalue weighted by Crippen LogP contribution is 2.33. The topological polar surface area (TPSA) is 37.3 Å². The van der Waals surface area contributed by atoms with Crippen LogP contribution in [0.25, 0.3) is 0 Å². The zero-order valence-corrected chi connectivity index (χ0v) is 11.8. The molecule has 0 spiro atoms. The second-order valence-electron chi connectivity index (χ2n) is 4.43. The molecule has 1 aromatic rings. The van der Waals surface area contributed by atoms with Crippen LogP contribution < -0.4 is 0 Å². The van der Waals surface area contributed by atoms with Gasteiger partial charge in [-0.15, -0.1) is 11.8 Å². The van der Waals surface area contributed by atoms with E-state index in [1.165, 1.54) is 12.1 Å². The summed E-state index contributed by atoms with van der Waals surface area (Å²) in [5.41, 5.74) is 1.32. The van der Waals surface area contributed by atoms with E-state index in [9.17, 15) is 9.18 Å². The lowest BCUT2D eigenvalue weighted by atomic mass is 9.99. The first-order valence-electron chi connectivity index (χ1n) is 6.07. The minimum atomic E-state index is -0.845. The van der Waals surface area contributed by atoms with Gasteiger partial charge < -0.3 is 5.11 Å². The number of hydrogen-bond acceptors (Lipinski definition) is 2. The van der Waals surface area contributed by atoms with Crippen LogP contribution >= 0.6 is 23.4 Å². The Morgan fingerprint density at radius 3 is 3.00 bits per heavy atom. The summed E-state index contributed by atoms with van der Waals surface area (Å²) in [4.78, 5) is 11.1. The molecule has 19 heavy (non-hydrogen) atoms. The molecule has 0 amide bonds. The molecular weight excluding hydrogens is 287 g/mol. The minimum absolute atomic E-state index is 0.00707. The first-order valence-corrected chi connectivity index (χ1v) is 7.49. The van der Waals surface area contributed by atoms with Crippen LogP contribution in [0.15, 0.2) is 29.8 Å². The first-order chi connectivity index (χ1) is 9.08. The molecule has 0 saturated heterocycles. The van der Waals surface area contributed by atoms with Gasteiger partial charge >= 0.3 is 5.97 Å². The van der Waals surface area contributed by atoms with E-state index in [-0.39, 0.29) is 11.1 Å². The number of halogens is 2. The SMILES string of the molecule is O=C(O)C1=CCCCC1SCc1ccc(F)cc1Cl. The van der Waals surface area contributed by atoms with Crippen molar-refractivity contribution in [1.29, 1.82) is 0 Å². The Morgan fingerprint density at radius 1 is 1.53 bits per heavy atom. The summed E-state index contributed by atoms with van der Waals surface area (Å²) in [6.45, 7) is 0. The van der Waals surface area contributed by atoms with E-state index >= 15 is 0 Å². The van der Waals surface area contributed by atoms with E-state index in [4.69, 9.17) is 16.7 Å². The largest absolute Gasteiger partial charge is 0.478 e. The second kappa shape index (κ2) is 6.44. The molecule has 1 unspecified atom stereocenters. The number of carboxylic acid groups (broad SMARTS) is 1. The Labute approximate surface area is 120 Å². The number of carbonyl (C=O) groups is 1. The van der Waals surface area contributed by atoms with Crippen LogP contribution in [0.4, 0.5) is 4.39 Å². The third kappa shape index (κ3) is 3.74. The summed E-state index contributed by atoms with van der Waals surface area (Å²) in [6.07, 6.45) is 4.50. The maximum Gasteiger partial charge on any atom is 0.332 e. The molecule has 102 valence electrons. The van der Waals surface area contributed by atoms with Gasteiger partial charge in [-0.3, -0.25) is 0 Å². The van der Waals surface area contributed by atoms with Crippen molar-refractivity contribution in [2.24, 2.45) is 0 Å². The zero-order valence-electron chi connectivity index (χ0n) is 10.2. The van der Waals surface area contributed by atoms with Gasteiger partial charge in [-0.1, -0.05) is 23.7 Å². The maximum absolute atomic E-state index is 12.9. The smallest absolute Gasteiger partial charge is 0.332 e. The van der Waals surface area contributed by atoms with Crippen molar-refractivity contribution in [3.05, 3.63) is 46.3 Å². The quantitative estimate of drug-likeness (QED) is 0.902. The molecule has 1 aliphatic carbocycles. The molecule has 1 atom stereocenters. The predicted molar refractivity (Wildman–Crippen MR) is 76.1 cm³/mol. The van der Waals surface area contributed by atoms with Crippen molar-refractivity contribution in [3.8, 4) is 0 Å². The standard InChI is InChI=1S/C14H14ClFO2S/c15-12-7-10(16)6-5-9(12)8-19-13-4-2-1-3-11(13)14(17)18/h3,5-7,13H,1-2,4,8H2,(H,17,18). The molecule has 0 radical (unpaired) electrons. The lowest BCUT2D eigenvalue weighted by Gasteiger charge is -2.21. The van der Waals surface area contributed by atoms with Crippen LogP contribution in [-0.4, -0.2) is 16.3 Å². The molecule has 0 bridgehead atoms. The Hall–Kier alpha value is -1.00. The normalized spacial score (nSPS) is 19.1. The molecule has 0 aliphatic heterocycles. The highest BCUT2D eigenvalue weighted by atomic mass is 35.5. The molecule has 1 N–H and O–H groups in total. The number of aliphatic carboxylic acids is 1. The fraction of sp³-hybridized carbons (Fsp3) is 0.357. The number of hydrogen-bond donors (Lipinski definition) is 1. The van der Waals surface area contributed by atoms with Gasteiger partial charge in [0.1, 0.15) is 5.82 Å². The zero-order chi connectivity index (χ0) is 13.8. The fourth-order valence-corrected chi connectivity index (χ4v) is 3.73. The molecule has 2 rings (SSSR count). The van der Waals surface area contributed by atoms with Crippen LogP contribution in [0.1, 0.15) is 24.8 Å². The second-order valence-corrected chi connectivity index (χ2v) is 6.03. The van der Waals surface area contributed by atoms with Gasteiger partial charge in [0.05, 0.1) is 0 Å². The van der Waals surface area contributed by atoms with E-state index in [1.54, 1.807) is 23.9 Å². The van der Waals surface area contributed by atoms with Gasteiger partial charge in [0.15, 0.2) is 0 Å². The number of thioether (sulfide) groups is 1. The van der Waals surface area contributed by atoms with E-state index < -0.39 is 5.97 Å². The van der Waals surface area contributed by atoms with Crippen LogP contribution in [0.5, 0.6) is 0 Å². The van der Waals surface area contributed by atoms with Gasteiger partial charge in [-0.2, -0.15) is 0 Å². The average molecular weight is 301 g/mol. The Balaban J connectivity index is 2.03. The summed E-state index contributed by atoms with van der Waals surface area (Å²) in [5, 5.41) is 9.53. The number of carboxylic acids is 1. The monoisotopic (exact) mass is 300 g/mol. The molecule has 5 heteroatoms. The summed E-state index contributed by atoms with van der Waals surface area (Å²) in [6, 6.07) is 4.31. The molecule has 1 aromatic carbocycles. The molecule has 0 fully saturated rings. The van der Waals surface area contributed by atoms with Gasteiger partial charge in [-0.05, 0) is 37.0 Å². The fourth-order valence-electron chi connectivity index (χ4n) is 2.08. The third-order valence-electron chi connectivity index (χ3n) is 3.08. The molecule has 2 nitrogen and oxygen atoms in total. The third-order valence-corrected chi connectivity index (χ3v) is 4.81. The summed E-state index contributed by atoms with van der Waals surface area (Å²) in [5.74, 6) is -0.612. The van der Waals surface area contributed by atoms with Crippen molar-refractivity contribution in [2.75, 3.05) is 0 Å². The Kier molecular flexibility index (Phi) is 4.88. The number of allylic oxidation sites excluding steroid dienone is 1. The minimum Gasteiger partial charge on any atom is -0.478 e. The van der Waals surface area contributed by atoms with Crippen LogP contribution in [0.3, 0.4) is 0 Å². The predicted octanol–water partition coefficient (Wildman–Crippen LogP) is 4.28. The lowest BCUT2D eigenvalue weighted by molar-refractivity contribution is -0.132. The summed E-state index contributed by atoms with van der Waals surface area (Å²) >= 11 is 7.51. The maximum atomic E-state index is 12.9. The number of benzene rings is 1. The van der Waals surface area contributed by atoms with Crippen molar-refractivity contribution >= 4 is 29.3 Å². The van der Waals surface area contributed by atoms with Crippen LogP contribution in [-0.2, 0) is 10.5 Å². The Morgan fingerprint density at radius 2 is 2.32 bits per heavy atom. The summed E-state index contributed by atoms with van der Waals surface area (Å²) in [7, 11) is 0. The van der Waals surface area contributed by atoms with Crippen LogP contribution in [0, 0.1) is 5.82 Å². The van der Waals surface area contributed by atoms with Crippen molar-refractivity contribution in [2.45, 2.75) is 30.3 Å². The van der Waals surface area contributed by atoms with E-state index in [0.717, 1.165) is 24.8 Å². The molecule has 1 aliphatic rings. The highest BCUT2D eigenvalue weighted by molar-refractivity contribution is 7.99. The van der Waals surface area contributed by atoms with Gasteiger partial charge in [0, 0.05) is 21.6 Å². The van der Waals surface area contributed by atoms with Crippen molar-refractivity contribution in [1.82, 2.24) is 0 Å². The van der Waals surface area contributed by atoms with Gasteiger partial charge in [0.25, 0.3) is 0 Å². The molecule has 0 aromatic heterocycles. The Bertz CT molecular complexity index is 516. The van der Waals surface area contributed by atoms with Gasteiger partial charge in [0.2, 0.25) is 0 Å². The summed E-state index contributed by atoms with van der Waals surface area (Å²) < 4.78 is 12.9. The highest BCUT2D eigenvalue weighted by Gasteiger charge is 2.23. The average Bonchev–Trinajstić information content (AvgIpc) is 2.38. The van der Waals surface area contributed by atoms with Crippen molar-refractivity contribution in [3.63, 3.8) is 0 Å². The van der Waals surface area contributed by atoms with Crippen LogP contribution in [0.2, 0.25) is 5.02 Å².